The van der Waals surface area contributed by atoms with Crippen molar-refractivity contribution in [2.24, 2.45) is 5.92 Å². The molecule has 2 saturated heterocycles. The fraction of sp³-hybridized carbons (Fsp3) is 0.724. The van der Waals surface area contributed by atoms with E-state index in [2.05, 4.69) is 18.7 Å². The average molecular weight is 552 g/mol. The number of amides is 2. The lowest BCUT2D eigenvalue weighted by Crippen LogP contribution is -2.51. The van der Waals surface area contributed by atoms with Gasteiger partial charge in [0.1, 0.15) is 24.1 Å². The van der Waals surface area contributed by atoms with E-state index in [1.54, 1.807) is 11.0 Å². The van der Waals surface area contributed by atoms with Gasteiger partial charge in [-0.1, -0.05) is 26.0 Å². The highest BCUT2D eigenvalue weighted by Gasteiger charge is 2.32. The van der Waals surface area contributed by atoms with Crippen LogP contribution in [0.3, 0.4) is 0 Å². The summed E-state index contributed by atoms with van der Waals surface area (Å²) in [6, 6.07) is 5.77. The van der Waals surface area contributed by atoms with Gasteiger partial charge in [-0.05, 0) is 63.2 Å². The van der Waals surface area contributed by atoms with E-state index in [1.165, 1.54) is 23.1 Å². The van der Waals surface area contributed by atoms with Crippen molar-refractivity contribution in [2.45, 2.75) is 64.3 Å². The minimum absolute atomic E-state index is 0.00314. The second kappa shape index (κ2) is 16.2. The summed E-state index contributed by atoms with van der Waals surface area (Å²) in [5.41, 5.74) is -0.0899. The Morgan fingerprint density at radius 3 is 2.44 bits per heavy atom. The third-order valence-electron chi connectivity index (χ3n) is 7.40. The minimum Gasteiger partial charge on any atom is -0.388 e. The molecule has 10 heteroatoms. The van der Waals surface area contributed by atoms with Crippen LogP contribution in [-0.2, 0) is 14.3 Å². The first-order valence-corrected chi connectivity index (χ1v) is 14.4. The molecule has 0 bridgehead atoms. The Morgan fingerprint density at radius 1 is 1.03 bits per heavy atom. The lowest BCUT2D eigenvalue weighted by atomic mass is 10.1. The number of rotatable bonds is 7. The lowest BCUT2D eigenvalue weighted by molar-refractivity contribution is -0.133. The molecule has 0 aromatic heterocycles. The Labute approximate surface area is 231 Å². The number of likely N-dealkylation sites (tertiary alicyclic amines) is 1. The predicted octanol–water partition coefficient (Wildman–Crippen LogP) is 2.16. The quantitative estimate of drug-likeness (QED) is 0.536. The number of carbonyl (C=O) groups is 2. The molecule has 9 nitrogen and oxygen atoms in total. The highest BCUT2D eigenvalue weighted by atomic mass is 19.1. The number of nitrogens with zero attached hydrogens (tertiary/aromatic N) is 3. The molecular weight excluding hydrogens is 505 g/mol. The first-order valence-electron chi connectivity index (χ1n) is 14.4. The van der Waals surface area contributed by atoms with Gasteiger partial charge in [0.2, 0.25) is 5.91 Å². The number of aliphatic hydroxyl groups is 2. The summed E-state index contributed by atoms with van der Waals surface area (Å²) in [5.74, 6) is -0.832. The summed E-state index contributed by atoms with van der Waals surface area (Å²) < 4.78 is 26.3. The van der Waals surface area contributed by atoms with Crippen LogP contribution < -0.4 is 0 Å². The molecule has 39 heavy (non-hydrogen) atoms. The van der Waals surface area contributed by atoms with E-state index >= 15 is 0 Å². The number of benzene rings is 1. The Balaban J connectivity index is 1.84. The molecule has 2 heterocycles. The standard InChI is InChI=1S/C29H46FN3O6/c1-22(2)11-18-39-26-19-33(29(37)23-9-3-4-10-24(23)30)16-15-32(27(35)20-31-12-5-6-13-31)14-7-8-17-38-21-25(34)28(26)36/h3-4,9-10,22,25-26,28,34,36H,5-8,11-21H2,1-2H3/t25-,26-,28-/m1/s1. The van der Waals surface area contributed by atoms with Gasteiger partial charge in [-0.15, -0.1) is 0 Å². The van der Waals surface area contributed by atoms with Gasteiger partial charge in [0.15, 0.2) is 0 Å². The fourth-order valence-corrected chi connectivity index (χ4v) is 4.90. The van der Waals surface area contributed by atoms with Crippen molar-refractivity contribution in [3.8, 4) is 0 Å². The Kier molecular flexibility index (Phi) is 13.1. The predicted molar refractivity (Wildman–Crippen MR) is 146 cm³/mol. The van der Waals surface area contributed by atoms with E-state index in [-0.39, 0.29) is 37.7 Å². The number of carbonyl (C=O) groups excluding carboxylic acids is 2. The van der Waals surface area contributed by atoms with E-state index in [0.717, 1.165) is 32.4 Å². The lowest BCUT2D eigenvalue weighted by Gasteiger charge is -2.34. The zero-order valence-corrected chi connectivity index (χ0v) is 23.5. The molecule has 2 aliphatic rings. The third kappa shape index (κ3) is 10.1. The molecule has 1 aromatic carbocycles. The van der Waals surface area contributed by atoms with Crippen LogP contribution in [-0.4, -0.2) is 121 Å². The first kappa shape index (κ1) is 31.4. The molecule has 2 amide bonds. The van der Waals surface area contributed by atoms with Crippen molar-refractivity contribution in [1.82, 2.24) is 14.7 Å². The average Bonchev–Trinajstić information content (AvgIpc) is 3.42. The van der Waals surface area contributed by atoms with Crippen LogP contribution in [0.2, 0.25) is 0 Å². The van der Waals surface area contributed by atoms with E-state index in [0.29, 0.717) is 45.1 Å². The molecule has 0 spiro atoms. The highest BCUT2D eigenvalue weighted by Crippen LogP contribution is 2.16. The smallest absolute Gasteiger partial charge is 0.256 e. The normalized spacial score (nSPS) is 24.6. The summed E-state index contributed by atoms with van der Waals surface area (Å²) in [6.45, 7) is 7.75. The summed E-state index contributed by atoms with van der Waals surface area (Å²) in [5, 5.41) is 21.6. The summed E-state index contributed by atoms with van der Waals surface area (Å²) in [6.07, 6.45) is 0.842. The molecule has 2 N–H and O–H groups in total. The monoisotopic (exact) mass is 551 g/mol. The molecule has 2 fully saturated rings. The Bertz CT molecular complexity index is 898. The second-order valence-corrected chi connectivity index (χ2v) is 11.0. The highest BCUT2D eigenvalue weighted by molar-refractivity contribution is 5.94. The molecule has 0 saturated carbocycles. The van der Waals surface area contributed by atoms with E-state index in [9.17, 15) is 24.2 Å². The Hall–Kier alpha value is -2.11. The summed E-state index contributed by atoms with van der Waals surface area (Å²) in [4.78, 5) is 32.2. The fourth-order valence-electron chi connectivity index (χ4n) is 4.90. The molecule has 220 valence electrons. The molecule has 0 unspecified atom stereocenters. The van der Waals surface area contributed by atoms with Crippen LogP contribution in [0.25, 0.3) is 0 Å². The van der Waals surface area contributed by atoms with Gasteiger partial charge in [-0.3, -0.25) is 14.5 Å². The molecule has 3 rings (SSSR count). The maximum absolute atomic E-state index is 14.6. The van der Waals surface area contributed by atoms with Crippen LogP contribution in [0.15, 0.2) is 24.3 Å². The molecule has 0 aliphatic carbocycles. The molecule has 0 radical (unpaired) electrons. The second-order valence-electron chi connectivity index (χ2n) is 11.0. The van der Waals surface area contributed by atoms with E-state index in [1.807, 2.05) is 0 Å². The summed E-state index contributed by atoms with van der Waals surface area (Å²) in [7, 11) is 0. The SMILES string of the molecule is CC(C)CCO[C@@H]1CN(C(=O)c2ccccc2F)CCN(C(=O)CN2CCCC2)CCCCOC[C@@H](O)[C@H]1O. The third-order valence-corrected chi connectivity index (χ3v) is 7.40. The van der Waals surface area contributed by atoms with Crippen molar-refractivity contribution in [2.75, 3.05) is 65.6 Å². The van der Waals surface area contributed by atoms with Gasteiger partial charge >= 0.3 is 0 Å². The topological polar surface area (TPSA) is 103 Å². The zero-order valence-electron chi connectivity index (χ0n) is 23.5. The number of aliphatic hydroxyl groups excluding tert-OH is 2. The van der Waals surface area contributed by atoms with E-state index in [4.69, 9.17) is 9.47 Å². The van der Waals surface area contributed by atoms with Gasteiger partial charge in [-0.2, -0.15) is 0 Å². The van der Waals surface area contributed by atoms with Gasteiger partial charge in [0.05, 0.1) is 18.7 Å². The largest absolute Gasteiger partial charge is 0.388 e. The summed E-state index contributed by atoms with van der Waals surface area (Å²) >= 11 is 0. The molecule has 1 aromatic rings. The number of hydrogen-bond donors (Lipinski definition) is 2. The molecule has 3 atom stereocenters. The maximum atomic E-state index is 14.6. The molecule has 2 aliphatic heterocycles. The van der Waals surface area contributed by atoms with Crippen LogP contribution in [0, 0.1) is 11.7 Å². The van der Waals surface area contributed by atoms with Crippen molar-refractivity contribution in [1.29, 1.82) is 0 Å². The van der Waals surface area contributed by atoms with Crippen molar-refractivity contribution < 1.29 is 33.7 Å². The Morgan fingerprint density at radius 2 is 1.72 bits per heavy atom. The number of ether oxygens (including phenoxy) is 2. The van der Waals surface area contributed by atoms with E-state index < -0.39 is 30.0 Å². The zero-order chi connectivity index (χ0) is 28.2. The van der Waals surface area contributed by atoms with Crippen molar-refractivity contribution in [3.05, 3.63) is 35.6 Å². The van der Waals surface area contributed by atoms with Gasteiger partial charge < -0.3 is 29.5 Å². The van der Waals surface area contributed by atoms with Crippen LogP contribution in [0.1, 0.15) is 56.3 Å². The first-order chi connectivity index (χ1) is 18.8. The van der Waals surface area contributed by atoms with Crippen molar-refractivity contribution in [3.63, 3.8) is 0 Å². The van der Waals surface area contributed by atoms with Crippen LogP contribution in [0.5, 0.6) is 0 Å². The van der Waals surface area contributed by atoms with Crippen LogP contribution in [0.4, 0.5) is 4.39 Å². The van der Waals surface area contributed by atoms with Gasteiger partial charge in [0, 0.05) is 39.4 Å². The van der Waals surface area contributed by atoms with Gasteiger partial charge in [0.25, 0.3) is 5.91 Å². The number of hydrogen-bond acceptors (Lipinski definition) is 7. The minimum atomic E-state index is -1.32. The number of halogens is 1. The molecular formula is C29H46FN3O6. The van der Waals surface area contributed by atoms with Crippen LogP contribution >= 0.6 is 0 Å². The maximum Gasteiger partial charge on any atom is 0.256 e. The van der Waals surface area contributed by atoms with Gasteiger partial charge in [-0.25, -0.2) is 4.39 Å². The van der Waals surface area contributed by atoms with Crippen molar-refractivity contribution >= 4 is 11.8 Å².